The number of hydrogen-bond donors (Lipinski definition) is 1. The van der Waals surface area contributed by atoms with Gasteiger partial charge in [-0.3, -0.25) is 4.90 Å². The van der Waals surface area contributed by atoms with Crippen LogP contribution in [0.3, 0.4) is 0 Å². The van der Waals surface area contributed by atoms with Crippen LogP contribution in [0.4, 0.5) is 0 Å². The Morgan fingerprint density at radius 3 is 2.41 bits per heavy atom. The SMILES string of the molecule is C=C(CNC(C)(C)C)CN(CC)C(C)COC. The lowest BCUT2D eigenvalue weighted by atomic mass is 10.1. The van der Waals surface area contributed by atoms with Gasteiger partial charge in [0.2, 0.25) is 0 Å². The predicted octanol–water partition coefficient (Wildman–Crippen LogP) is 2.29. The molecule has 0 radical (unpaired) electrons. The molecule has 0 aromatic heterocycles. The van der Waals surface area contributed by atoms with Gasteiger partial charge in [0.15, 0.2) is 0 Å². The molecule has 0 saturated carbocycles. The van der Waals surface area contributed by atoms with E-state index in [0.717, 1.165) is 26.2 Å². The molecule has 0 bridgehead atoms. The fourth-order valence-corrected chi connectivity index (χ4v) is 1.66. The van der Waals surface area contributed by atoms with E-state index in [-0.39, 0.29) is 5.54 Å². The van der Waals surface area contributed by atoms with Gasteiger partial charge in [-0.1, -0.05) is 13.5 Å². The number of nitrogens with zero attached hydrogens (tertiary/aromatic N) is 1. The monoisotopic (exact) mass is 242 g/mol. The summed E-state index contributed by atoms with van der Waals surface area (Å²) in [5.74, 6) is 0. The summed E-state index contributed by atoms with van der Waals surface area (Å²) in [5.41, 5.74) is 1.38. The molecule has 3 nitrogen and oxygen atoms in total. The number of methoxy groups -OCH3 is 1. The number of nitrogens with one attached hydrogen (secondary N) is 1. The van der Waals surface area contributed by atoms with Crippen LogP contribution in [0.1, 0.15) is 34.6 Å². The van der Waals surface area contributed by atoms with E-state index >= 15 is 0 Å². The van der Waals surface area contributed by atoms with Gasteiger partial charge in [-0.25, -0.2) is 0 Å². The van der Waals surface area contributed by atoms with Crippen molar-refractivity contribution >= 4 is 0 Å². The van der Waals surface area contributed by atoms with Crippen molar-refractivity contribution in [3.63, 3.8) is 0 Å². The molecule has 0 spiro atoms. The highest BCUT2D eigenvalue weighted by Gasteiger charge is 2.14. The Labute approximate surface area is 107 Å². The van der Waals surface area contributed by atoms with Gasteiger partial charge in [0, 0.05) is 31.8 Å². The zero-order valence-electron chi connectivity index (χ0n) is 12.5. The van der Waals surface area contributed by atoms with Gasteiger partial charge in [-0.15, -0.1) is 0 Å². The third-order valence-corrected chi connectivity index (χ3v) is 2.73. The van der Waals surface area contributed by atoms with Gasteiger partial charge in [-0.2, -0.15) is 0 Å². The van der Waals surface area contributed by atoms with Crippen molar-refractivity contribution in [1.29, 1.82) is 0 Å². The Balaban J connectivity index is 4.06. The van der Waals surface area contributed by atoms with Crippen LogP contribution in [0, 0.1) is 0 Å². The van der Waals surface area contributed by atoms with Gasteiger partial charge in [0.1, 0.15) is 0 Å². The fourth-order valence-electron chi connectivity index (χ4n) is 1.66. The maximum Gasteiger partial charge on any atom is 0.0615 e. The zero-order chi connectivity index (χ0) is 13.5. The largest absolute Gasteiger partial charge is 0.383 e. The lowest BCUT2D eigenvalue weighted by molar-refractivity contribution is 0.108. The van der Waals surface area contributed by atoms with Crippen molar-refractivity contribution in [3.05, 3.63) is 12.2 Å². The third-order valence-electron chi connectivity index (χ3n) is 2.73. The molecule has 0 amide bonds. The molecular formula is C14H30N2O. The maximum atomic E-state index is 5.20. The first kappa shape index (κ1) is 16.6. The van der Waals surface area contributed by atoms with Crippen molar-refractivity contribution in [3.8, 4) is 0 Å². The first-order valence-corrected chi connectivity index (χ1v) is 6.44. The van der Waals surface area contributed by atoms with E-state index in [9.17, 15) is 0 Å². The topological polar surface area (TPSA) is 24.5 Å². The highest BCUT2D eigenvalue weighted by Crippen LogP contribution is 2.05. The molecule has 0 fully saturated rings. The smallest absolute Gasteiger partial charge is 0.0615 e. The Bertz CT molecular complexity index is 221. The van der Waals surface area contributed by atoms with Crippen LogP contribution in [-0.2, 0) is 4.74 Å². The van der Waals surface area contributed by atoms with Crippen LogP contribution < -0.4 is 5.32 Å². The van der Waals surface area contributed by atoms with Crippen molar-refractivity contribution in [2.75, 3.05) is 33.4 Å². The average molecular weight is 242 g/mol. The first-order chi connectivity index (χ1) is 7.80. The van der Waals surface area contributed by atoms with Crippen molar-refractivity contribution in [1.82, 2.24) is 10.2 Å². The molecule has 0 aromatic carbocycles. The number of likely N-dealkylation sites (N-methyl/N-ethyl adjacent to an activating group) is 1. The first-order valence-electron chi connectivity index (χ1n) is 6.44. The molecule has 1 atom stereocenters. The minimum atomic E-state index is 0.151. The maximum absolute atomic E-state index is 5.20. The highest BCUT2D eigenvalue weighted by molar-refractivity contribution is 5.01. The summed E-state index contributed by atoms with van der Waals surface area (Å²) in [6.07, 6.45) is 0. The second kappa shape index (κ2) is 7.85. The van der Waals surface area contributed by atoms with Gasteiger partial charge in [-0.05, 0) is 39.8 Å². The highest BCUT2D eigenvalue weighted by atomic mass is 16.5. The molecule has 1 N–H and O–H groups in total. The summed E-state index contributed by atoms with van der Waals surface area (Å²) in [6.45, 7) is 18.6. The molecule has 0 aliphatic rings. The standard InChI is InChI=1S/C14H30N2O/c1-8-16(13(3)11-17-7)10-12(2)9-15-14(4,5)6/h13,15H,2,8-11H2,1,3-7H3. The molecule has 3 heteroatoms. The lowest BCUT2D eigenvalue weighted by Gasteiger charge is -2.29. The van der Waals surface area contributed by atoms with Crippen molar-refractivity contribution in [2.45, 2.75) is 46.2 Å². The molecule has 17 heavy (non-hydrogen) atoms. The van der Waals surface area contributed by atoms with Crippen LogP contribution in [0.15, 0.2) is 12.2 Å². The normalized spacial score (nSPS) is 14.1. The summed E-state index contributed by atoms with van der Waals surface area (Å²) in [5, 5.41) is 3.46. The average Bonchev–Trinajstić information content (AvgIpc) is 2.22. The van der Waals surface area contributed by atoms with E-state index < -0.39 is 0 Å². The lowest BCUT2D eigenvalue weighted by Crippen LogP contribution is -2.41. The van der Waals surface area contributed by atoms with Gasteiger partial charge in [0.25, 0.3) is 0 Å². The van der Waals surface area contributed by atoms with Crippen LogP contribution in [0.25, 0.3) is 0 Å². The van der Waals surface area contributed by atoms with E-state index in [0.29, 0.717) is 6.04 Å². The second-order valence-electron chi connectivity index (χ2n) is 5.72. The van der Waals surface area contributed by atoms with E-state index in [4.69, 9.17) is 4.74 Å². The molecule has 0 rings (SSSR count). The Morgan fingerprint density at radius 1 is 1.41 bits per heavy atom. The zero-order valence-corrected chi connectivity index (χ0v) is 12.5. The van der Waals surface area contributed by atoms with E-state index in [1.54, 1.807) is 7.11 Å². The Kier molecular flexibility index (Phi) is 7.68. The molecule has 1 unspecified atom stereocenters. The number of hydrogen-bond acceptors (Lipinski definition) is 3. The van der Waals surface area contributed by atoms with Crippen molar-refractivity contribution < 1.29 is 4.74 Å². The third kappa shape index (κ3) is 8.36. The quantitative estimate of drug-likeness (QED) is 0.661. The Hall–Kier alpha value is -0.380. The molecule has 0 aromatic rings. The number of rotatable bonds is 8. The molecule has 0 aliphatic heterocycles. The summed E-state index contributed by atoms with van der Waals surface area (Å²) >= 11 is 0. The summed E-state index contributed by atoms with van der Waals surface area (Å²) < 4.78 is 5.20. The molecular weight excluding hydrogens is 212 g/mol. The predicted molar refractivity (Wildman–Crippen MR) is 75.5 cm³/mol. The molecule has 0 aliphatic carbocycles. The van der Waals surface area contributed by atoms with Crippen LogP contribution in [-0.4, -0.2) is 49.8 Å². The Morgan fingerprint density at radius 2 is 2.00 bits per heavy atom. The van der Waals surface area contributed by atoms with E-state index in [1.165, 1.54) is 5.57 Å². The fraction of sp³-hybridized carbons (Fsp3) is 0.857. The van der Waals surface area contributed by atoms with Crippen LogP contribution >= 0.6 is 0 Å². The van der Waals surface area contributed by atoms with Crippen LogP contribution in [0.5, 0.6) is 0 Å². The molecule has 0 heterocycles. The molecule has 102 valence electrons. The minimum absolute atomic E-state index is 0.151. The van der Waals surface area contributed by atoms with Crippen molar-refractivity contribution in [2.24, 2.45) is 0 Å². The number of ether oxygens (including phenoxy) is 1. The van der Waals surface area contributed by atoms with Gasteiger partial charge in [0.05, 0.1) is 6.61 Å². The summed E-state index contributed by atoms with van der Waals surface area (Å²) in [6, 6.07) is 0.441. The van der Waals surface area contributed by atoms with Gasteiger partial charge >= 0.3 is 0 Å². The summed E-state index contributed by atoms with van der Waals surface area (Å²) in [7, 11) is 1.75. The van der Waals surface area contributed by atoms with E-state index in [2.05, 4.69) is 51.4 Å². The summed E-state index contributed by atoms with van der Waals surface area (Å²) in [4.78, 5) is 2.39. The molecule has 0 saturated heterocycles. The van der Waals surface area contributed by atoms with Gasteiger partial charge < -0.3 is 10.1 Å². The van der Waals surface area contributed by atoms with E-state index in [1.807, 2.05) is 0 Å². The second-order valence-corrected chi connectivity index (χ2v) is 5.72. The minimum Gasteiger partial charge on any atom is -0.383 e. The van der Waals surface area contributed by atoms with Crippen LogP contribution in [0.2, 0.25) is 0 Å².